The van der Waals surface area contributed by atoms with Crippen LogP contribution in [0.25, 0.3) is 0 Å². The van der Waals surface area contributed by atoms with E-state index < -0.39 is 0 Å². The molecule has 1 aromatic heterocycles. The van der Waals surface area contributed by atoms with Gasteiger partial charge in [-0.15, -0.1) is 0 Å². The van der Waals surface area contributed by atoms with E-state index in [4.69, 9.17) is 0 Å². The van der Waals surface area contributed by atoms with Crippen molar-refractivity contribution in [3.8, 4) is 0 Å². The van der Waals surface area contributed by atoms with Crippen molar-refractivity contribution in [3.05, 3.63) is 25.9 Å². The normalized spacial score (nSPS) is 17.3. The Bertz CT molecular complexity index is 438. The topological polar surface area (TPSA) is 38.1 Å². The fourth-order valence-electron chi connectivity index (χ4n) is 2.24. The van der Waals surface area contributed by atoms with Crippen molar-refractivity contribution in [2.75, 3.05) is 19.6 Å². The van der Waals surface area contributed by atoms with E-state index in [1.54, 1.807) is 10.8 Å². The molecule has 4 nitrogen and oxygen atoms in total. The van der Waals surface area contributed by atoms with Crippen molar-refractivity contribution >= 4 is 22.6 Å². The van der Waals surface area contributed by atoms with E-state index in [0.29, 0.717) is 3.57 Å². The molecule has 0 unspecified atom stereocenters. The molecule has 2 rings (SSSR count). The second kappa shape index (κ2) is 5.95. The molecule has 17 heavy (non-hydrogen) atoms. The molecular formula is C12H18IN3O. The first kappa shape index (κ1) is 13.0. The fraction of sp³-hybridized carbons (Fsp3) is 0.667. The molecule has 0 N–H and O–H groups in total. The summed E-state index contributed by atoms with van der Waals surface area (Å²) in [4.78, 5) is 18.6. The van der Waals surface area contributed by atoms with E-state index in [1.165, 1.54) is 32.4 Å². The molecule has 0 aliphatic carbocycles. The van der Waals surface area contributed by atoms with Gasteiger partial charge < -0.3 is 4.90 Å². The van der Waals surface area contributed by atoms with Crippen molar-refractivity contribution in [1.82, 2.24) is 14.5 Å². The zero-order valence-electron chi connectivity index (χ0n) is 10.2. The lowest BCUT2D eigenvalue weighted by atomic mass is 10.1. The van der Waals surface area contributed by atoms with Gasteiger partial charge in [-0.2, -0.15) is 0 Å². The maximum Gasteiger partial charge on any atom is 0.266 e. The van der Waals surface area contributed by atoms with E-state index in [-0.39, 0.29) is 5.56 Å². The molecule has 0 radical (unpaired) electrons. The number of halogens is 1. The number of aromatic nitrogens is 2. The Balaban J connectivity index is 2.03. The van der Waals surface area contributed by atoms with Gasteiger partial charge in [-0.25, -0.2) is 4.98 Å². The summed E-state index contributed by atoms with van der Waals surface area (Å²) in [5.41, 5.74) is 0.0927. The second-order valence-electron chi connectivity index (χ2n) is 4.51. The number of rotatable bonds is 3. The van der Waals surface area contributed by atoms with Crippen LogP contribution < -0.4 is 5.56 Å². The van der Waals surface area contributed by atoms with E-state index in [1.807, 2.05) is 6.92 Å². The summed E-state index contributed by atoms with van der Waals surface area (Å²) >= 11 is 2.05. The lowest BCUT2D eigenvalue weighted by Crippen LogP contribution is -2.36. The van der Waals surface area contributed by atoms with E-state index in [0.717, 1.165) is 18.9 Å². The summed E-state index contributed by atoms with van der Waals surface area (Å²) in [7, 11) is 0. The molecular weight excluding hydrogens is 329 g/mol. The van der Waals surface area contributed by atoms with E-state index in [2.05, 4.69) is 32.5 Å². The summed E-state index contributed by atoms with van der Waals surface area (Å²) in [5.74, 6) is 0.812. The standard InChI is InChI=1S/C12H18IN3O/c1-10-14-9-11(13)12(17)16(10)8-7-15-5-3-2-4-6-15/h9H,2-8H2,1H3. The third kappa shape index (κ3) is 3.28. The molecule has 0 bridgehead atoms. The molecule has 5 heteroatoms. The number of likely N-dealkylation sites (tertiary alicyclic amines) is 1. The van der Waals surface area contributed by atoms with Crippen molar-refractivity contribution in [1.29, 1.82) is 0 Å². The first-order chi connectivity index (χ1) is 8.18. The Morgan fingerprint density at radius 3 is 2.71 bits per heavy atom. The molecule has 0 spiro atoms. The zero-order valence-corrected chi connectivity index (χ0v) is 12.3. The molecule has 1 saturated heterocycles. The van der Waals surface area contributed by atoms with Gasteiger partial charge in [0.2, 0.25) is 0 Å². The fourth-order valence-corrected chi connectivity index (χ4v) is 2.67. The Morgan fingerprint density at radius 2 is 2.00 bits per heavy atom. The van der Waals surface area contributed by atoms with Gasteiger partial charge in [0.1, 0.15) is 5.82 Å². The Morgan fingerprint density at radius 1 is 1.29 bits per heavy atom. The van der Waals surface area contributed by atoms with Gasteiger partial charge in [-0.05, 0) is 55.4 Å². The molecule has 2 heterocycles. The number of hydrogen-bond donors (Lipinski definition) is 0. The largest absolute Gasteiger partial charge is 0.302 e. The first-order valence-corrected chi connectivity index (χ1v) is 7.20. The number of hydrogen-bond acceptors (Lipinski definition) is 3. The third-order valence-electron chi connectivity index (χ3n) is 3.29. The molecule has 0 saturated carbocycles. The maximum atomic E-state index is 12.0. The Kier molecular flexibility index (Phi) is 4.55. The highest BCUT2D eigenvalue weighted by atomic mass is 127. The predicted octanol–water partition coefficient (Wildman–Crippen LogP) is 1.64. The van der Waals surface area contributed by atoms with Crippen LogP contribution in [0.1, 0.15) is 25.1 Å². The van der Waals surface area contributed by atoms with Gasteiger partial charge in [0.15, 0.2) is 0 Å². The molecule has 0 atom stereocenters. The molecule has 0 amide bonds. The minimum absolute atomic E-state index is 0.0927. The van der Waals surface area contributed by atoms with Crippen LogP contribution in [-0.2, 0) is 6.54 Å². The van der Waals surface area contributed by atoms with Crippen molar-refractivity contribution < 1.29 is 0 Å². The van der Waals surface area contributed by atoms with E-state index >= 15 is 0 Å². The second-order valence-corrected chi connectivity index (χ2v) is 5.67. The number of piperidine rings is 1. The lowest BCUT2D eigenvalue weighted by Gasteiger charge is -2.26. The van der Waals surface area contributed by atoms with Crippen LogP contribution in [-0.4, -0.2) is 34.1 Å². The van der Waals surface area contributed by atoms with Crippen molar-refractivity contribution in [2.24, 2.45) is 0 Å². The average molecular weight is 347 g/mol. The van der Waals surface area contributed by atoms with Gasteiger partial charge in [0.05, 0.1) is 3.57 Å². The van der Waals surface area contributed by atoms with Crippen LogP contribution in [0.2, 0.25) is 0 Å². The van der Waals surface area contributed by atoms with Crippen LogP contribution >= 0.6 is 22.6 Å². The number of nitrogens with zero attached hydrogens (tertiary/aromatic N) is 3. The van der Waals surface area contributed by atoms with Crippen LogP contribution in [0.5, 0.6) is 0 Å². The highest BCUT2D eigenvalue weighted by Gasteiger charge is 2.11. The zero-order chi connectivity index (χ0) is 12.3. The number of aryl methyl sites for hydroxylation is 1. The van der Waals surface area contributed by atoms with Crippen LogP contribution in [0.3, 0.4) is 0 Å². The first-order valence-electron chi connectivity index (χ1n) is 6.13. The maximum absolute atomic E-state index is 12.0. The smallest absolute Gasteiger partial charge is 0.266 e. The predicted molar refractivity (Wildman–Crippen MR) is 76.2 cm³/mol. The van der Waals surface area contributed by atoms with Gasteiger partial charge in [-0.3, -0.25) is 9.36 Å². The molecule has 94 valence electrons. The molecule has 1 aromatic rings. The van der Waals surface area contributed by atoms with Gasteiger partial charge >= 0.3 is 0 Å². The summed E-state index contributed by atoms with van der Waals surface area (Å²) < 4.78 is 2.49. The molecule has 1 aliphatic heterocycles. The van der Waals surface area contributed by atoms with Crippen molar-refractivity contribution in [2.45, 2.75) is 32.7 Å². The molecule has 1 fully saturated rings. The van der Waals surface area contributed by atoms with Gasteiger partial charge in [0.25, 0.3) is 5.56 Å². The highest BCUT2D eigenvalue weighted by Crippen LogP contribution is 2.08. The summed E-state index contributed by atoms with van der Waals surface area (Å²) in [6.07, 6.45) is 5.58. The summed E-state index contributed by atoms with van der Waals surface area (Å²) in [6, 6.07) is 0. The van der Waals surface area contributed by atoms with Crippen molar-refractivity contribution in [3.63, 3.8) is 0 Å². The van der Waals surface area contributed by atoms with Crippen LogP contribution in [0.15, 0.2) is 11.0 Å². The van der Waals surface area contributed by atoms with Crippen LogP contribution in [0.4, 0.5) is 0 Å². The monoisotopic (exact) mass is 347 g/mol. The minimum atomic E-state index is 0.0927. The molecule has 0 aromatic carbocycles. The van der Waals surface area contributed by atoms with Crippen LogP contribution in [0, 0.1) is 10.5 Å². The summed E-state index contributed by atoms with van der Waals surface area (Å²) in [5, 5.41) is 0. The lowest BCUT2D eigenvalue weighted by molar-refractivity contribution is 0.219. The molecule has 1 aliphatic rings. The average Bonchev–Trinajstić information content (AvgIpc) is 2.35. The Hall–Kier alpha value is -0.430. The third-order valence-corrected chi connectivity index (χ3v) is 4.03. The SMILES string of the molecule is Cc1ncc(I)c(=O)n1CCN1CCCCC1. The van der Waals surface area contributed by atoms with Gasteiger partial charge in [0, 0.05) is 19.3 Å². The Labute approximate surface area is 115 Å². The van der Waals surface area contributed by atoms with Gasteiger partial charge in [-0.1, -0.05) is 6.42 Å². The van der Waals surface area contributed by atoms with E-state index in [9.17, 15) is 4.79 Å². The highest BCUT2D eigenvalue weighted by molar-refractivity contribution is 14.1. The quantitative estimate of drug-likeness (QED) is 0.781. The summed E-state index contributed by atoms with van der Waals surface area (Å²) in [6.45, 7) is 5.96. The minimum Gasteiger partial charge on any atom is -0.302 e.